The van der Waals surface area contributed by atoms with Crippen molar-refractivity contribution in [2.24, 2.45) is 0 Å². The van der Waals surface area contributed by atoms with Crippen LogP contribution in [0.2, 0.25) is 0 Å². The highest BCUT2D eigenvalue weighted by atomic mass is 16.5. The Balaban J connectivity index is 1.77. The number of aryl methyl sites for hydroxylation is 2. The van der Waals surface area contributed by atoms with E-state index in [1.807, 2.05) is 60.7 Å². The lowest BCUT2D eigenvalue weighted by Gasteiger charge is -2.08. The molecule has 0 aliphatic heterocycles. The maximum atomic E-state index is 12.4. The zero-order valence-electron chi connectivity index (χ0n) is 13.2. The first kappa shape index (κ1) is 15.0. The molecular formula is C21H18O2. The summed E-state index contributed by atoms with van der Waals surface area (Å²) in [6.07, 6.45) is 0. The summed E-state index contributed by atoms with van der Waals surface area (Å²) < 4.78 is 5.84. The Morgan fingerprint density at radius 1 is 0.696 bits per heavy atom. The van der Waals surface area contributed by atoms with Crippen LogP contribution in [0, 0.1) is 13.8 Å². The molecule has 0 fully saturated rings. The maximum Gasteiger partial charge on any atom is 0.193 e. The summed E-state index contributed by atoms with van der Waals surface area (Å²) in [5.74, 6) is 1.54. The van der Waals surface area contributed by atoms with Gasteiger partial charge in [-0.25, -0.2) is 0 Å². The highest BCUT2D eigenvalue weighted by molar-refractivity contribution is 6.08. The highest BCUT2D eigenvalue weighted by Crippen LogP contribution is 2.24. The van der Waals surface area contributed by atoms with Crippen molar-refractivity contribution in [1.82, 2.24) is 0 Å². The van der Waals surface area contributed by atoms with E-state index in [2.05, 4.69) is 13.8 Å². The SMILES string of the molecule is Cc1ccc(Oc2ccc(C(=O)c3ccccc3)cc2)cc1C. The molecule has 0 amide bonds. The van der Waals surface area contributed by atoms with Crippen molar-refractivity contribution in [3.63, 3.8) is 0 Å². The molecule has 3 aromatic rings. The third kappa shape index (κ3) is 3.49. The second-order valence-electron chi connectivity index (χ2n) is 5.57. The van der Waals surface area contributed by atoms with E-state index < -0.39 is 0 Å². The van der Waals surface area contributed by atoms with Crippen LogP contribution in [0.3, 0.4) is 0 Å². The second kappa shape index (κ2) is 6.49. The van der Waals surface area contributed by atoms with Crippen molar-refractivity contribution in [2.45, 2.75) is 13.8 Å². The van der Waals surface area contributed by atoms with Gasteiger partial charge in [0.05, 0.1) is 0 Å². The number of rotatable bonds is 4. The molecule has 0 N–H and O–H groups in total. The molecule has 0 saturated carbocycles. The zero-order valence-corrected chi connectivity index (χ0v) is 13.2. The van der Waals surface area contributed by atoms with Gasteiger partial charge < -0.3 is 4.74 Å². The summed E-state index contributed by atoms with van der Waals surface area (Å²) in [6.45, 7) is 4.13. The molecule has 23 heavy (non-hydrogen) atoms. The van der Waals surface area contributed by atoms with Crippen LogP contribution < -0.4 is 4.74 Å². The topological polar surface area (TPSA) is 26.3 Å². The molecule has 0 radical (unpaired) electrons. The van der Waals surface area contributed by atoms with Crippen LogP contribution in [0.5, 0.6) is 11.5 Å². The van der Waals surface area contributed by atoms with E-state index in [0.29, 0.717) is 11.1 Å². The van der Waals surface area contributed by atoms with Crippen LogP contribution in [0.25, 0.3) is 0 Å². The Morgan fingerprint density at radius 2 is 1.30 bits per heavy atom. The quantitative estimate of drug-likeness (QED) is 0.609. The fourth-order valence-electron chi connectivity index (χ4n) is 2.34. The molecule has 3 rings (SSSR count). The summed E-state index contributed by atoms with van der Waals surface area (Å²) in [4.78, 5) is 12.4. The molecule has 114 valence electrons. The number of benzene rings is 3. The van der Waals surface area contributed by atoms with Crippen LogP contribution in [0.1, 0.15) is 27.0 Å². The van der Waals surface area contributed by atoms with Gasteiger partial charge in [0.1, 0.15) is 11.5 Å². The van der Waals surface area contributed by atoms with E-state index in [1.165, 1.54) is 11.1 Å². The predicted octanol–water partition coefficient (Wildman–Crippen LogP) is 5.33. The molecule has 0 saturated heterocycles. The Kier molecular flexibility index (Phi) is 4.24. The molecule has 0 atom stereocenters. The third-order valence-electron chi connectivity index (χ3n) is 3.87. The van der Waals surface area contributed by atoms with E-state index in [0.717, 1.165) is 11.5 Å². The summed E-state index contributed by atoms with van der Waals surface area (Å²) in [5.41, 5.74) is 3.78. The van der Waals surface area contributed by atoms with Crippen molar-refractivity contribution >= 4 is 5.78 Å². The first-order chi connectivity index (χ1) is 11.1. The van der Waals surface area contributed by atoms with Gasteiger partial charge in [0.25, 0.3) is 0 Å². The number of hydrogen-bond donors (Lipinski definition) is 0. The minimum atomic E-state index is 0.0170. The van der Waals surface area contributed by atoms with Crippen molar-refractivity contribution in [3.8, 4) is 11.5 Å². The molecule has 0 bridgehead atoms. The van der Waals surface area contributed by atoms with E-state index in [9.17, 15) is 4.79 Å². The van der Waals surface area contributed by atoms with Gasteiger partial charge in [-0.2, -0.15) is 0 Å². The molecule has 2 nitrogen and oxygen atoms in total. The van der Waals surface area contributed by atoms with Crippen LogP contribution in [0.15, 0.2) is 72.8 Å². The first-order valence-corrected chi connectivity index (χ1v) is 7.58. The molecule has 0 aliphatic carbocycles. The van der Waals surface area contributed by atoms with Crippen LogP contribution >= 0.6 is 0 Å². The average molecular weight is 302 g/mol. The second-order valence-corrected chi connectivity index (χ2v) is 5.57. The van der Waals surface area contributed by atoms with Crippen LogP contribution in [0.4, 0.5) is 0 Å². The van der Waals surface area contributed by atoms with E-state index in [4.69, 9.17) is 4.74 Å². The Hall–Kier alpha value is -2.87. The smallest absolute Gasteiger partial charge is 0.193 e. The largest absolute Gasteiger partial charge is 0.457 e. The predicted molar refractivity (Wildman–Crippen MR) is 92.3 cm³/mol. The fourth-order valence-corrected chi connectivity index (χ4v) is 2.34. The Bertz CT molecular complexity index is 818. The number of ketones is 1. The molecule has 0 heterocycles. The van der Waals surface area contributed by atoms with Crippen LogP contribution in [-0.2, 0) is 0 Å². The average Bonchev–Trinajstić information content (AvgIpc) is 2.59. The molecule has 0 aliphatic rings. The summed E-state index contributed by atoms with van der Waals surface area (Å²) in [6, 6.07) is 22.5. The first-order valence-electron chi connectivity index (χ1n) is 7.58. The highest BCUT2D eigenvalue weighted by Gasteiger charge is 2.08. The number of carbonyl (C=O) groups is 1. The minimum Gasteiger partial charge on any atom is -0.457 e. The molecule has 0 aromatic heterocycles. The summed E-state index contributed by atoms with van der Waals surface area (Å²) in [5, 5.41) is 0. The monoisotopic (exact) mass is 302 g/mol. The minimum absolute atomic E-state index is 0.0170. The molecule has 2 heteroatoms. The summed E-state index contributed by atoms with van der Waals surface area (Å²) >= 11 is 0. The van der Waals surface area contributed by atoms with Crippen molar-refractivity contribution in [1.29, 1.82) is 0 Å². The molecule has 0 spiro atoms. The number of hydrogen-bond acceptors (Lipinski definition) is 2. The normalized spacial score (nSPS) is 10.3. The van der Waals surface area contributed by atoms with Gasteiger partial charge in [0.2, 0.25) is 0 Å². The number of ether oxygens (including phenoxy) is 1. The Labute approximate surface area is 136 Å². The third-order valence-corrected chi connectivity index (χ3v) is 3.87. The number of carbonyl (C=O) groups excluding carboxylic acids is 1. The summed E-state index contributed by atoms with van der Waals surface area (Å²) in [7, 11) is 0. The molecule has 0 unspecified atom stereocenters. The van der Waals surface area contributed by atoms with Gasteiger partial charge in [-0.1, -0.05) is 36.4 Å². The van der Waals surface area contributed by atoms with Gasteiger partial charge in [0.15, 0.2) is 5.78 Å². The van der Waals surface area contributed by atoms with Crippen molar-refractivity contribution < 1.29 is 9.53 Å². The van der Waals surface area contributed by atoms with Gasteiger partial charge in [-0.3, -0.25) is 4.79 Å². The van der Waals surface area contributed by atoms with E-state index >= 15 is 0 Å². The van der Waals surface area contributed by atoms with Gasteiger partial charge in [-0.15, -0.1) is 0 Å². The lowest BCUT2D eigenvalue weighted by Crippen LogP contribution is -2.00. The van der Waals surface area contributed by atoms with E-state index in [1.54, 1.807) is 12.1 Å². The lowest BCUT2D eigenvalue weighted by atomic mass is 10.0. The lowest BCUT2D eigenvalue weighted by molar-refractivity contribution is 0.103. The van der Waals surface area contributed by atoms with Gasteiger partial charge in [-0.05, 0) is 61.4 Å². The molecular weight excluding hydrogens is 284 g/mol. The van der Waals surface area contributed by atoms with E-state index in [-0.39, 0.29) is 5.78 Å². The maximum absolute atomic E-state index is 12.4. The van der Waals surface area contributed by atoms with Crippen molar-refractivity contribution in [2.75, 3.05) is 0 Å². The van der Waals surface area contributed by atoms with Crippen LogP contribution in [-0.4, -0.2) is 5.78 Å². The van der Waals surface area contributed by atoms with Gasteiger partial charge >= 0.3 is 0 Å². The standard InChI is InChI=1S/C21H18O2/c1-15-8-11-20(14-16(15)2)23-19-12-9-18(10-13-19)21(22)17-6-4-3-5-7-17/h3-14H,1-2H3. The van der Waals surface area contributed by atoms with Gasteiger partial charge in [0, 0.05) is 11.1 Å². The van der Waals surface area contributed by atoms with Crippen molar-refractivity contribution in [3.05, 3.63) is 95.1 Å². The fraction of sp³-hybridized carbons (Fsp3) is 0.0952. The Morgan fingerprint density at radius 3 is 1.96 bits per heavy atom. The zero-order chi connectivity index (χ0) is 16.2. The molecule has 3 aromatic carbocycles.